The van der Waals surface area contributed by atoms with Gasteiger partial charge in [-0.15, -0.1) is 0 Å². The van der Waals surface area contributed by atoms with Crippen molar-refractivity contribution < 1.29 is 4.74 Å². The Balaban J connectivity index is 1.43. The largest absolute Gasteiger partial charge is 0.493 e. The molecule has 0 atom stereocenters. The summed E-state index contributed by atoms with van der Waals surface area (Å²) < 4.78 is 6.17. The number of fused-ring (bicyclic) bond motifs is 1. The van der Waals surface area contributed by atoms with Crippen molar-refractivity contribution in [3.63, 3.8) is 0 Å². The number of piperazine rings is 1. The first-order valence-electron chi connectivity index (χ1n) is 12.4. The summed E-state index contributed by atoms with van der Waals surface area (Å²) in [5, 5.41) is 9.21. The first-order valence-corrected chi connectivity index (χ1v) is 12.8. The molecule has 0 bridgehead atoms. The fourth-order valence-electron chi connectivity index (χ4n) is 4.69. The van der Waals surface area contributed by atoms with Crippen LogP contribution in [0.15, 0.2) is 18.5 Å². The van der Waals surface area contributed by atoms with Gasteiger partial charge in [0.25, 0.3) is 0 Å². The van der Waals surface area contributed by atoms with Crippen LogP contribution >= 0.6 is 11.6 Å². The third-order valence-corrected chi connectivity index (χ3v) is 6.95. The third-order valence-electron chi connectivity index (χ3n) is 6.74. The van der Waals surface area contributed by atoms with Crippen molar-refractivity contribution in [1.82, 2.24) is 25.1 Å². The molecule has 1 fully saturated rings. The zero-order valence-corrected chi connectivity index (χ0v) is 21.5. The molecule has 4 rings (SSSR count). The second-order valence-corrected chi connectivity index (χ2v) is 9.13. The fraction of sp³-hybridized carbons (Fsp3) is 0.560. The van der Waals surface area contributed by atoms with E-state index in [0.29, 0.717) is 11.6 Å². The summed E-state index contributed by atoms with van der Waals surface area (Å²) in [6.45, 7) is 16.0. The lowest BCUT2D eigenvalue weighted by molar-refractivity contribution is 0.248. The van der Waals surface area contributed by atoms with E-state index in [-0.39, 0.29) is 0 Å². The van der Waals surface area contributed by atoms with Crippen molar-refractivity contribution in [2.45, 2.75) is 40.5 Å². The number of ether oxygens (including phenoxy) is 1. The van der Waals surface area contributed by atoms with Crippen LogP contribution in [0.4, 0.5) is 11.5 Å². The fourth-order valence-corrected chi connectivity index (χ4v) is 4.89. The van der Waals surface area contributed by atoms with Crippen molar-refractivity contribution in [2.75, 3.05) is 62.2 Å². The van der Waals surface area contributed by atoms with Crippen LogP contribution in [0.5, 0.6) is 5.75 Å². The van der Waals surface area contributed by atoms with E-state index in [9.17, 15) is 0 Å². The van der Waals surface area contributed by atoms with Gasteiger partial charge in [-0.1, -0.05) is 32.4 Å². The zero-order valence-electron chi connectivity index (χ0n) is 20.8. The smallest absolute Gasteiger partial charge is 0.160 e. The van der Waals surface area contributed by atoms with Gasteiger partial charge >= 0.3 is 0 Å². The highest BCUT2D eigenvalue weighted by Gasteiger charge is 2.24. The van der Waals surface area contributed by atoms with Gasteiger partial charge in [0.1, 0.15) is 17.9 Å². The van der Waals surface area contributed by atoms with E-state index >= 15 is 0 Å². The predicted octanol–water partition coefficient (Wildman–Crippen LogP) is 4.31. The average Bonchev–Trinajstić information content (AvgIpc) is 3.29. The first-order chi connectivity index (χ1) is 16.5. The second kappa shape index (κ2) is 11.2. The van der Waals surface area contributed by atoms with E-state index in [1.807, 2.05) is 6.07 Å². The summed E-state index contributed by atoms with van der Waals surface area (Å²) in [7, 11) is 0. The van der Waals surface area contributed by atoms with Gasteiger partial charge in [0, 0.05) is 49.0 Å². The molecule has 3 aromatic rings. The molecule has 184 valence electrons. The van der Waals surface area contributed by atoms with Crippen LogP contribution in [-0.4, -0.2) is 77.5 Å². The van der Waals surface area contributed by atoms with Crippen LogP contribution in [0.2, 0.25) is 5.02 Å². The average molecular weight is 486 g/mol. The molecule has 1 aliphatic heterocycles. The van der Waals surface area contributed by atoms with Crippen molar-refractivity contribution in [3.05, 3.63) is 34.7 Å². The standard InChI is InChI=1S/C25H36ClN7O/c1-5-20-23-24(30-29-20)27-17-28-25(23)33-12-10-32(11-13-33)21-15-19(26)16-22(18(21)4)34-14-8-9-31(6-2)7-3/h15-17H,5-14H2,1-4H3,(H,27,28,29,30). The van der Waals surface area contributed by atoms with E-state index in [1.54, 1.807) is 6.33 Å². The number of halogens is 1. The second-order valence-electron chi connectivity index (χ2n) is 8.70. The summed E-state index contributed by atoms with van der Waals surface area (Å²) in [5.74, 6) is 1.85. The molecule has 0 saturated carbocycles. The van der Waals surface area contributed by atoms with Crippen LogP contribution in [0.1, 0.15) is 38.4 Å². The number of hydrogen-bond donors (Lipinski definition) is 1. The summed E-state index contributed by atoms with van der Waals surface area (Å²) in [5.41, 5.74) is 4.11. The molecule has 3 heterocycles. The van der Waals surface area contributed by atoms with Gasteiger partial charge in [0.05, 0.1) is 17.7 Å². The van der Waals surface area contributed by atoms with Crippen LogP contribution in [0.25, 0.3) is 11.0 Å². The quantitative estimate of drug-likeness (QED) is 0.429. The third kappa shape index (κ3) is 5.23. The predicted molar refractivity (Wildman–Crippen MR) is 140 cm³/mol. The molecule has 1 saturated heterocycles. The number of nitrogens with one attached hydrogen (secondary N) is 1. The molecule has 0 spiro atoms. The Labute approximate surface area is 207 Å². The summed E-state index contributed by atoms with van der Waals surface area (Å²) >= 11 is 6.51. The normalized spacial score (nSPS) is 14.4. The van der Waals surface area contributed by atoms with E-state index in [1.165, 1.54) is 0 Å². The van der Waals surface area contributed by atoms with E-state index < -0.39 is 0 Å². The van der Waals surface area contributed by atoms with Gasteiger partial charge in [-0.05, 0) is 45.0 Å². The minimum Gasteiger partial charge on any atom is -0.493 e. The summed E-state index contributed by atoms with van der Waals surface area (Å²) in [6.07, 6.45) is 3.47. The van der Waals surface area contributed by atoms with Gasteiger partial charge < -0.3 is 19.4 Å². The van der Waals surface area contributed by atoms with Crippen molar-refractivity contribution in [3.8, 4) is 5.75 Å². The molecule has 9 heteroatoms. The molecule has 1 N–H and O–H groups in total. The molecule has 1 aromatic carbocycles. The Morgan fingerprint density at radius 2 is 1.79 bits per heavy atom. The van der Waals surface area contributed by atoms with Crippen molar-refractivity contribution in [2.24, 2.45) is 0 Å². The van der Waals surface area contributed by atoms with Crippen molar-refractivity contribution >= 4 is 34.1 Å². The Kier molecular flexibility index (Phi) is 8.11. The first kappa shape index (κ1) is 24.5. The molecule has 1 aliphatic rings. The summed E-state index contributed by atoms with van der Waals surface area (Å²) in [4.78, 5) is 16.1. The monoisotopic (exact) mass is 485 g/mol. The molecule has 0 unspecified atom stereocenters. The van der Waals surface area contributed by atoms with E-state index in [0.717, 1.165) is 98.2 Å². The molecule has 8 nitrogen and oxygen atoms in total. The molecule has 0 amide bonds. The number of anilines is 2. The molecule has 0 aliphatic carbocycles. The number of benzene rings is 1. The Hall–Kier alpha value is -2.58. The number of aryl methyl sites for hydroxylation is 1. The van der Waals surface area contributed by atoms with Crippen LogP contribution < -0.4 is 14.5 Å². The Morgan fingerprint density at radius 3 is 2.50 bits per heavy atom. The maximum atomic E-state index is 6.51. The number of aromatic nitrogens is 4. The Morgan fingerprint density at radius 1 is 1.06 bits per heavy atom. The highest BCUT2D eigenvalue weighted by molar-refractivity contribution is 6.31. The molecular formula is C25H36ClN7O. The number of aromatic amines is 1. The highest BCUT2D eigenvalue weighted by atomic mass is 35.5. The van der Waals surface area contributed by atoms with Gasteiger partial charge in [-0.3, -0.25) is 5.10 Å². The highest BCUT2D eigenvalue weighted by Crippen LogP contribution is 2.34. The van der Waals surface area contributed by atoms with Gasteiger partial charge in [0.15, 0.2) is 5.65 Å². The molecule has 0 radical (unpaired) electrons. The SMILES string of the molecule is CCc1n[nH]c2ncnc(N3CCN(c4cc(Cl)cc(OCCCN(CC)CC)c4C)CC3)c12. The molecule has 34 heavy (non-hydrogen) atoms. The van der Waals surface area contributed by atoms with Crippen LogP contribution in [-0.2, 0) is 6.42 Å². The molecule has 2 aromatic heterocycles. The lowest BCUT2D eigenvalue weighted by Gasteiger charge is -2.37. The van der Waals surface area contributed by atoms with Gasteiger partial charge in [-0.2, -0.15) is 5.10 Å². The maximum absolute atomic E-state index is 6.51. The van der Waals surface area contributed by atoms with Crippen LogP contribution in [0, 0.1) is 6.92 Å². The zero-order chi connectivity index (χ0) is 24.1. The Bertz CT molecular complexity index is 1090. The minimum atomic E-state index is 0.694. The maximum Gasteiger partial charge on any atom is 0.160 e. The number of rotatable bonds is 10. The lowest BCUT2D eigenvalue weighted by atomic mass is 10.1. The van der Waals surface area contributed by atoms with Gasteiger partial charge in [0.2, 0.25) is 0 Å². The van der Waals surface area contributed by atoms with E-state index in [4.69, 9.17) is 16.3 Å². The molecular weight excluding hydrogens is 450 g/mol. The van der Waals surface area contributed by atoms with Gasteiger partial charge in [-0.25, -0.2) is 9.97 Å². The van der Waals surface area contributed by atoms with E-state index in [2.05, 4.69) is 68.6 Å². The van der Waals surface area contributed by atoms with Crippen LogP contribution in [0.3, 0.4) is 0 Å². The lowest BCUT2D eigenvalue weighted by Crippen LogP contribution is -2.47. The number of H-pyrrole nitrogens is 1. The number of hydrogen-bond acceptors (Lipinski definition) is 7. The van der Waals surface area contributed by atoms with Crippen molar-refractivity contribution in [1.29, 1.82) is 0 Å². The summed E-state index contributed by atoms with van der Waals surface area (Å²) in [6, 6.07) is 4.00. The topological polar surface area (TPSA) is 73.4 Å². The minimum absolute atomic E-state index is 0.694. The number of nitrogens with zero attached hydrogens (tertiary/aromatic N) is 6.